The zero-order valence-electron chi connectivity index (χ0n) is 8.25. The third-order valence-corrected chi connectivity index (χ3v) is 4.16. The van der Waals surface area contributed by atoms with Gasteiger partial charge in [0.05, 0.1) is 0 Å². The zero-order chi connectivity index (χ0) is 11.7. The van der Waals surface area contributed by atoms with Crippen molar-refractivity contribution in [3.8, 4) is 11.1 Å². The van der Waals surface area contributed by atoms with Crippen LogP contribution in [0.5, 0.6) is 0 Å². The monoisotopic (exact) mass is 282 g/mol. The van der Waals surface area contributed by atoms with Crippen molar-refractivity contribution in [3.05, 3.63) is 36.4 Å². The fourth-order valence-corrected chi connectivity index (χ4v) is 2.11. The van der Waals surface area contributed by atoms with Crippen LogP contribution in [-0.4, -0.2) is 0 Å². The molecule has 0 unspecified atom stereocenters. The van der Waals surface area contributed by atoms with E-state index in [9.17, 15) is 0 Å². The lowest BCUT2D eigenvalue weighted by Gasteiger charge is -2.06. The molecule has 0 bridgehead atoms. The summed E-state index contributed by atoms with van der Waals surface area (Å²) in [4.78, 5) is 3.50. The first-order valence-corrected chi connectivity index (χ1v) is 6.41. The Hall–Kier alpha value is -0.160. The third kappa shape index (κ3) is 2.56. The molecule has 0 radical (unpaired) electrons. The molecule has 2 aromatic rings. The lowest BCUT2D eigenvalue weighted by Crippen LogP contribution is -1.81. The van der Waals surface area contributed by atoms with Crippen molar-refractivity contribution in [1.29, 1.82) is 0 Å². The third-order valence-electron chi connectivity index (χ3n) is 2.28. The van der Waals surface area contributed by atoms with Crippen molar-refractivity contribution in [2.24, 2.45) is 0 Å². The molecule has 0 saturated carbocycles. The van der Waals surface area contributed by atoms with Crippen molar-refractivity contribution >= 4 is 50.5 Å². The largest absolute Gasteiger partial charge is 0.142 e. The average molecular weight is 282 g/mol. The molecule has 16 heavy (non-hydrogen) atoms. The van der Waals surface area contributed by atoms with Gasteiger partial charge in [-0.2, -0.15) is 0 Å². The lowest BCUT2D eigenvalue weighted by atomic mass is 10.1. The second kappa shape index (κ2) is 5.00. The van der Waals surface area contributed by atoms with E-state index in [2.05, 4.69) is 50.5 Å². The molecule has 0 aliphatic carbocycles. The number of hydrogen-bond donors (Lipinski definition) is 4. The van der Waals surface area contributed by atoms with Gasteiger partial charge in [-0.25, -0.2) is 0 Å². The summed E-state index contributed by atoms with van der Waals surface area (Å²) >= 11 is 17.3. The van der Waals surface area contributed by atoms with Gasteiger partial charge >= 0.3 is 0 Å². The van der Waals surface area contributed by atoms with Crippen LogP contribution in [0.3, 0.4) is 0 Å². The molecule has 0 aliphatic rings. The minimum atomic E-state index is 0.872. The fourth-order valence-electron chi connectivity index (χ4n) is 1.41. The van der Waals surface area contributed by atoms with Crippen molar-refractivity contribution in [2.45, 2.75) is 19.6 Å². The van der Waals surface area contributed by atoms with Crippen LogP contribution in [0.15, 0.2) is 56.0 Å². The van der Waals surface area contributed by atoms with E-state index in [0.29, 0.717) is 0 Å². The number of hydrogen-bond acceptors (Lipinski definition) is 4. The molecule has 0 aromatic heterocycles. The van der Waals surface area contributed by atoms with E-state index in [1.165, 1.54) is 0 Å². The van der Waals surface area contributed by atoms with Gasteiger partial charge in [0.1, 0.15) is 0 Å². The molecule has 82 valence electrons. The summed E-state index contributed by atoms with van der Waals surface area (Å²) in [7, 11) is 0. The summed E-state index contributed by atoms with van der Waals surface area (Å²) in [6.07, 6.45) is 0. The highest BCUT2D eigenvalue weighted by Crippen LogP contribution is 2.29. The SMILES string of the molecule is Sc1ccc(-c2ccc(S)c(S)c2)cc1S. The van der Waals surface area contributed by atoms with Crippen molar-refractivity contribution in [3.63, 3.8) is 0 Å². The molecule has 0 nitrogen and oxygen atoms in total. The van der Waals surface area contributed by atoms with E-state index in [1.54, 1.807) is 0 Å². The van der Waals surface area contributed by atoms with Crippen LogP contribution in [0.2, 0.25) is 0 Å². The van der Waals surface area contributed by atoms with Crippen LogP contribution in [0.1, 0.15) is 0 Å². The maximum atomic E-state index is 4.35. The molecule has 0 amide bonds. The minimum absolute atomic E-state index is 0.872. The standard InChI is InChI=1S/C12H10S4/c13-9-3-1-7(5-11(9)15)8-2-4-10(14)12(16)6-8/h1-6,13-16H. The Morgan fingerprint density at radius 1 is 0.500 bits per heavy atom. The summed E-state index contributed by atoms with van der Waals surface area (Å²) in [6.45, 7) is 0. The Labute approximate surface area is 117 Å². The van der Waals surface area contributed by atoms with E-state index in [1.807, 2.05) is 36.4 Å². The van der Waals surface area contributed by atoms with Crippen LogP contribution in [0, 0.1) is 0 Å². The summed E-state index contributed by atoms with van der Waals surface area (Å²) in [5.41, 5.74) is 2.21. The van der Waals surface area contributed by atoms with Gasteiger partial charge in [-0.15, -0.1) is 50.5 Å². The predicted octanol–water partition coefficient (Wildman–Crippen LogP) is 4.51. The average Bonchev–Trinajstić information content (AvgIpc) is 2.26. The van der Waals surface area contributed by atoms with Crippen molar-refractivity contribution in [2.75, 3.05) is 0 Å². The molecule has 4 heteroatoms. The second-order valence-electron chi connectivity index (χ2n) is 3.41. The van der Waals surface area contributed by atoms with Crippen LogP contribution < -0.4 is 0 Å². The quantitative estimate of drug-likeness (QED) is 0.544. The van der Waals surface area contributed by atoms with Crippen LogP contribution >= 0.6 is 50.5 Å². The highest BCUT2D eigenvalue weighted by molar-refractivity contribution is 7.83. The molecular formula is C12H10S4. The van der Waals surface area contributed by atoms with E-state index in [-0.39, 0.29) is 0 Å². The number of rotatable bonds is 1. The molecule has 2 rings (SSSR count). The van der Waals surface area contributed by atoms with Crippen molar-refractivity contribution < 1.29 is 0 Å². The van der Waals surface area contributed by atoms with Crippen LogP contribution in [0.25, 0.3) is 11.1 Å². The fraction of sp³-hybridized carbons (Fsp3) is 0. The molecule has 0 fully saturated rings. The van der Waals surface area contributed by atoms with Gasteiger partial charge in [-0.1, -0.05) is 12.1 Å². The Balaban J connectivity index is 2.50. The highest BCUT2D eigenvalue weighted by Gasteiger charge is 2.02. The summed E-state index contributed by atoms with van der Waals surface area (Å²) in [5, 5.41) is 0. The Morgan fingerprint density at radius 2 is 0.875 bits per heavy atom. The minimum Gasteiger partial charge on any atom is -0.142 e. The van der Waals surface area contributed by atoms with Gasteiger partial charge < -0.3 is 0 Å². The van der Waals surface area contributed by atoms with E-state index >= 15 is 0 Å². The molecule has 0 saturated heterocycles. The topological polar surface area (TPSA) is 0 Å². The van der Waals surface area contributed by atoms with E-state index < -0.39 is 0 Å². The predicted molar refractivity (Wildman–Crippen MR) is 80.9 cm³/mol. The Bertz CT molecular complexity index is 485. The Morgan fingerprint density at radius 3 is 1.19 bits per heavy atom. The highest BCUT2D eigenvalue weighted by atomic mass is 32.1. The zero-order valence-corrected chi connectivity index (χ0v) is 11.8. The van der Waals surface area contributed by atoms with Gasteiger partial charge in [0.25, 0.3) is 0 Å². The Kier molecular flexibility index (Phi) is 3.85. The van der Waals surface area contributed by atoms with Gasteiger partial charge in [-0.3, -0.25) is 0 Å². The first-order chi connectivity index (χ1) is 7.58. The maximum absolute atomic E-state index is 4.35. The molecule has 0 aliphatic heterocycles. The van der Waals surface area contributed by atoms with Crippen LogP contribution in [0.4, 0.5) is 0 Å². The molecule has 0 heterocycles. The summed E-state index contributed by atoms with van der Waals surface area (Å²) in [5.74, 6) is 0. The number of benzene rings is 2. The smallest absolute Gasteiger partial charge is 0.0180 e. The van der Waals surface area contributed by atoms with Crippen molar-refractivity contribution in [1.82, 2.24) is 0 Å². The van der Waals surface area contributed by atoms with Gasteiger partial charge in [0, 0.05) is 19.6 Å². The molecule has 0 spiro atoms. The van der Waals surface area contributed by atoms with Crippen LogP contribution in [-0.2, 0) is 0 Å². The first kappa shape index (κ1) is 12.3. The van der Waals surface area contributed by atoms with E-state index in [4.69, 9.17) is 0 Å². The molecule has 0 atom stereocenters. The second-order valence-corrected chi connectivity index (χ2v) is 5.33. The van der Waals surface area contributed by atoms with Gasteiger partial charge in [0.15, 0.2) is 0 Å². The van der Waals surface area contributed by atoms with Gasteiger partial charge in [-0.05, 0) is 35.4 Å². The molecule has 2 aromatic carbocycles. The lowest BCUT2D eigenvalue weighted by molar-refractivity contribution is 1.25. The maximum Gasteiger partial charge on any atom is 0.0180 e. The molecule has 0 N–H and O–H groups in total. The van der Waals surface area contributed by atoms with Gasteiger partial charge in [0.2, 0.25) is 0 Å². The van der Waals surface area contributed by atoms with E-state index in [0.717, 1.165) is 30.7 Å². The summed E-state index contributed by atoms with van der Waals surface area (Å²) < 4.78 is 0. The molecular weight excluding hydrogens is 272 g/mol. The summed E-state index contributed by atoms with van der Waals surface area (Å²) in [6, 6.07) is 11.9. The first-order valence-electron chi connectivity index (χ1n) is 4.62. The normalized spacial score (nSPS) is 10.5. The number of thiol groups is 4.